The van der Waals surface area contributed by atoms with E-state index in [4.69, 9.17) is 0 Å². The Kier molecular flexibility index (Phi) is 2.38. The zero-order valence-corrected chi connectivity index (χ0v) is 8.15. The van der Waals surface area contributed by atoms with Crippen LogP contribution in [0.5, 0.6) is 0 Å². The van der Waals surface area contributed by atoms with Gasteiger partial charge in [-0.15, -0.1) is 0 Å². The SMILES string of the molecule is CC12C=C1CCC2.CN(C)C. The Morgan fingerprint density at radius 3 is 2.00 bits per heavy atom. The van der Waals surface area contributed by atoms with Crippen LogP contribution < -0.4 is 0 Å². The second kappa shape index (κ2) is 2.98. The first-order valence-corrected chi connectivity index (χ1v) is 4.38. The van der Waals surface area contributed by atoms with Crippen molar-refractivity contribution in [2.45, 2.75) is 26.2 Å². The molecule has 0 spiro atoms. The van der Waals surface area contributed by atoms with Crippen molar-refractivity contribution in [2.75, 3.05) is 21.1 Å². The van der Waals surface area contributed by atoms with Crippen LogP contribution in [-0.4, -0.2) is 26.0 Å². The second-order valence-corrected chi connectivity index (χ2v) is 4.28. The molecule has 0 bridgehead atoms. The van der Waals surface area contributed by atoms with E-state index in [9.17, 15) is 0 Å². The zero-order valence-electron chi connectivity index (χ0n) is 8.15. The molecule has 0 aromatic heterocycles. The Balaban J connectivity index is 0.000000134. The predicted octanol–water partition coefficient (Wildman–Crippen LogP) is 2.29. The van der Waals surface area contributed by atoms with E-state index in [2.05, 4.69) is 13.0 Å². The van der Waals surface area contributed by atoms with Gasteiger partial charge in [-0.1, -0.05) is 18.6 Å². The summed E-state index contributed by atoms with van der Waals surface area (Å²) in [5.41, 5.74) is 2.38. The average Bonchev–Trinajstić information content (AvgIpc) is 2.31. The maximum absolute atomic E-state index is 2.41. The number of fused-ring (bicyclic) bond motifs is 1. The van der Waals surface area contributed by atoms with E-state index in [-0.39, 0.29) is 0 Å². The molecular formula is C10H19N. The quantitative estimate of drug-likeness (QED) is 0.483. The lowest BCUT2D eigenvalue weighted by Gasteiger charge is -1.98. The zero-order chi connectivity index (χ0) is 8.48. The van der Waals surface area contributed by atoms with Crippen molar-refractivity contribution in [3.8, 4) is 0 Å². The third-order valence-electron chi connectivity index (χ3n) is 2.29. The molecule has 1 fully saturated rings. The van der Waals surface area contributed by atoms with Gasteiger partial charge in [0.25, 0.3) is 0 Å². The number of allylic oxidation sites excluding steroid dienone is 2. The molecule has 64 valence electrons. The highest BCUT2D eigenvalue weighted by Gasteiger charge is 2.42. The van der Waals surface area contributed by atoms with Crippen LogP contribution >= 0.6 is 0 Å². The highest BCUT2D eigenvalue weighted by molar-refractivity contribution is 5.40. The summed E-state index contributed by atoms with van der Waals surface area (Å²) in [4.78, 5) is 2.00. The van der Waals surface area contributed by atoms with Crippen molar-refractivity contribution in [2.24, 2.45) is 5.41 Å². The molecule has 0 amide bonds. The van der Waals surface area contributed by atoms with Crippen molar-refractivity contribution in [1.29, 1.82) is 0 Å². The standard InChI is InChI=1S/C7H10.C3H9N/c1-7-4-2-3-6(7)5-7;1-4(2)3/h5H,2-4H2,1H3;1-3H3. The van der Waals surface area contributed by atoms with Crippen molar-refractivity contribution in [3.05, 3.63) is 11.6 Å². The third kappa shape index (κ3) is 2.33. The Morgan fingerprint density at radius 1 is 1.36 bits per heavy atom. The molecule has 1 saturated carbocycles. The van der Waals surface area contributed by atoms with Crippen LogP contribution in [0.25, 0.3) is 0 Å². The lowest BCUT2D eigenvalue weighted by molar-refractivity contribution is 0.505. The number of rotatable bonds is 0. The summed E-state index contributed by atoms with van der Waals surface area (Å²) < 4.78 is 0. The Bertz CT molecular complexity index is 167. The summed E-state index contributed by atoms with van der Waals surface area (Å²) >= 11 is 0. The molecule has 0 aliphatic heterocycles. The molecule has 0 N–H and O–H groups in total. The summed E-state index contributed by atoms with van der Waals surface area (Å²) in [6, 6.07) is 0. The minimum absolute atomic E-state index is 0.653. The van der Waals surface area contributed by atoms with Gasteiger partial charge in [0.1, 0.15) is 0 Å². The van der Waals surface area contributed by atoms with E-state index in [0.717, 1.165) is 0 Å². The van der Waals surface area contributed by atoms with E-state index >= 15 is 0 Å². The molecule has 0 saturated heterocycles. The first-order chi connectivity index (χ1) is 5.04. The molecule has 1 heteroatoms. The lowest BCUT2D eigenvalue weighted by Crippen LogP contribution is -1.99. The summed E-state index contributed by atoms with van der Waals surface area (Å²) in [6.45, 7) is 2.34. The minimum atomic E-state index is 0.653. The smallest absolute Gasteiger partial charge is 0.00659 e. The van der Waals surface area contributed by atoms with Gasteiger partial charge in [-0.05, 0) is 40.4 Å². The molecule has 11 heavy (non-hydrogen) atoms. The van der Waals surface area contributed by atoms with Crippen molar-refractivity contribution in [3.63, 3.8) is 0 Å². The van der Waals surface area contributed by atoms with Crippen molar-refractivity contribution in [1.82, 2.24) is 4.90 Å². The molecule has 0 radical (unpaired) electrons. The molecule has 2 aliphatic rings. The summed E-state index contributed by atoms with van der Waals surface area (Å²) in [7, 11) is 6.00. The normalized spacial score (nSPS) is 32.3. The van der Waals surface area contributed by atoms with Crippen LogP contribution in [-0.2, 0) is 0 Å². The topological polar surface area (TPSA) is 3.24 Å². The monoisotopic (exact) mass is 153 g/mol. The number of nitrogens with zero attached hydrogens (tertiary/aromatic N) is 1. The Morgan fingerprint density at radius 2 is 1.91 bits per heavy atom. The van der Waals surface area contributed by atoms with Crippen LogP contribution in [0.4, 0.5) is 0 Å². The molecule has 1 atom stereocenters. The highest BCUT2D eigenvalue weighted by Crippen LogP contribution is 2.55. The van der Waals surface area contributed by atoms with E-state index in [1.165, 1.54) is 19.3 Å². The van der Waals surface area contributed by atoms with E-state index < -0.39 is 0 Å². The lowest BCUT2D eigenvalue weighted by atomic mass is 10.1. The fourth-order valence-electron chi connectivity index (χ4n) is 1.58. The van der Waals surface area contributed by atoms with Gasteiger partial charge in [0.05, 0.1) is 0 Å². The Hall–Kier alpha value is -0.300. The fourth-order valence-corrected chi connectivity index (χ4v) is 1.58. The van der Waals surface area contributed by atoms with Gasteiger partial charge in [0, 0.05) is 5.41 Å². The summed E-state index contributed by atoms with van der Waals surface area (Å²) in [5.74, 6) is 0. The van der Waals surface area contributed by atoms with Crippen LogP contribution in [0.1, 0.15) is 26.2 Å². The van der Waals surface area contributed by atoms with Crippen LogP contribution in [0.3, 0.4) is 0 Å². The first-order valence-electron chi connectivity index (χ1n) is 4.38. The fraction of sp³-hybridized carbons (Fsp3) is 0.800. The molecule has 0 aromatic rings. The van der Waals surface area contributed by atoms with Gasteiger partial charge >= 0.3 is 0 Å². The van der Waals surface area contributed by atoms with E-state index in [1.54, 1.807) is 5.57 Å². The molecule has 2 aliphatic carbocycles. The predicted molar refractivity (Wildman–Crippen MR) is 49.7 cm³/mol. The molecule has 2 rings (SSSR count). The van der Waals surface area contributed by atoms with E-state index in [1.807, 2.05) is 26.0 Å². The maximum atomic E-state index is 2.41. The van der Waals surface area contributed by atoms with Crippen molar-refractivity contribution >= 4 is 0 Å². The number of hydrogen-bond acceptors (Lipinski definition) is 1. The largest absolute Gasteiger partial charge is 0.312 e. The highest BCUT2D eigenvalue weighted by atomic mass is 15.0. The van der Waals surface area contributed by atoms with Gasteiger partial charge in [-0.25, -0.2) is 0 Å². The summed E-state index contributed by atoms with van der Waals surface area (Å²) in [5, 5.41) is 0. The minimum Gasteiger partial charge on any atom is -0.312 e. The maximum Gasteiger partial charge on any atom is 0.00659 e. The molecule has 1 nitrogen and oxygen atoms in total. The Labute approximate surface area is 70.1 Å². The van der Waals surface area contributed by atoms with Crippen molar-refractivity contribution < 1.29 is 0 Å². The molecule has 0 aromatic carbocycles. The molecular weight excluding hydrogens is 134 g/mol. The van der Waals surface area contributed by atoms with Crippen LogP contribution in [0.2, 0.25) is 0 Å². The van der Waals surface area contributed by atoms with Gasteiger partial charge in [-0.3, -0.25) is 0 Å². The van der Waals surface area contributed by atoms with Gasteiger partial charge < -0.3 is 4.90 Å². The average molecular weight is 153 g/mol. The van der Waals surface area contributed by atoms with Crippen LogP contribution in [0.15, 0.2) is 11.6 Å². The summed E-state index contributed by atoms with van der Waals surface area (Å²) in [6.07, 6.45) is 6.69. The second-order valence-electron chi connectivity index (χ2n) is 4.28. The van der Waals surface area contributed by atoms with E-state index in [0.29, 0.717) is 5.41 Å². The molecule has 0 heterocycles. The van der Waals surface area contributed by atoms with Gasteiger partial charge in [-0.2, -0.15) is 0 Å². The molecule has 1 unspecified atom stereocenters. The third-order valence-corrected chi connectivity index (χ3v) is 2.29. The first kappa shape index (κ1) is 8.79. The van der Waals surface area contributed by atoms with Gasteiger partial charge in [0.15, 0.2) is 0 Å². The number of hydrogen-bond donors (Lipinski definition) is 0. The van der Waals surface area contributed by atoms with Gasteiger partial charge in [0.2, 0.25) is 0 Å². The van der Waals surface area contributed by atoms with Crippen LogP contribution in [0, 0.1) is 5.41 Å².